The highest BCUT2D eigenvalue weighted by Gasteiger charge is 2.38. The Morgan fingerprint density at radius 2 is 1.71 bits per heavy atom. The second-order valence-corrected chi connectivity index (χ2v) is 7.05. The highest BCUT2D eigenvalue weighted by Crippen LogP contribution is 2.45. The Balaban J connectivity index is 1.74. The molecule has 1 aliphatic carbocycles. The molecule has 1 aliphatic rings. The Hall–Kier alpha value is -1.60. The SMILES string of the molecule is CC(Cc1ccccc1)NC1c2ccccc2CC1(C)C. The lowest BCUT2D eigenvalue weighted by atomic mass is 9.84. The van der Waals surface area contributed by atoms with E-state index < -0.39 is 0 Å². The Morgan fingerprint density at radius 3 is 2.48 bits per heavy atom. The molecule has 3 rings (SSSR count). The fraction of sp³-hybridized carbons (Fsp3) is 0.400. The average molecular weight is 279 g/mol. The van der Waals surface area contributed by atoms with Gasteiger partial charge in [0.15, 0.2) is 0 Å². The maximum atomic E-state index is 3.87. The topological polar surface area (TPSA) is 12.0 Å². The summed E-state index contributed by atoms with van der Waals surface area (Å²) in [5.74, 6) is 0. The molecule has 1 N–H and O–H groups in total. The molecule has 0 aromatic heterocycles. The molecule has 0 saturated carbocycles. The van der Waals surface area contributed by atoms with Crippen LogP contribution in [0.15, 0.2) is 54.6 Å². The maximum Gasteiger partial charge on any atom is 0.0380 e. The predicted molar refractivity (Wildman–Crippen MR) is 89.4 cm³/mol. The van der Waals surface area contributed by atoms with Gasteiger partial charge in [0.1, 0.15) is 0 Å². The van der Waals surface area contributed by atoms with Crippen LogP contribution in [0.25, 0.3) is 0 Å². The number of rotatable bonds is 4. The third kappa shape index (κ3) is 3.03. The molecule has 0 amide bonds. The van der Waals surface area contributed by atoms with Crippen molar-refractivity contribution >= 4 is 0 Å². The lowest BCUT2D eigenvalue weighted by Gasteiger charge is -2.31. The summed E-state index contributed by atoms with van der Waals surface area (Å²) in [5, 5.41) is 3.87. The fourth-order valence-corrected chi connectivity index (χ4v) is 3.62. The summed E-state index contributed by atoms with van der Waals surface area (Å²) in [6, 6.07) is 20.6. The van der Waals surface area contributed by atoms with Gasteiger partial charge in [0.05, 0.1) is 0 Å². The van der Waals surface area contributed by atoms with Gasteiger partial charge in [-0.15, -0.1) is 0 Å². The highest BCUT2D eigenvalue weighted by atomic mass is 15.0. The fourth-order valence-electron chi connectivity index (χ4n) is 3.62. The van der Waals surface area contributed by atoms with E-state index in [9.17, 15) is 0 Å². The summed E-state index contributed by atoms with van der Waals surface area (Å²) in [6.07, 6.45) is 2.24. The summed E-state index contributed by atoms with van der Waals surface area (Å²) in [7, 11) is 0. The van der Waals surface area contributed by atoms with E-state index in [1.807, 2.05) is 0 Å². The first-order valence-electron chi connectivity index (χ1n) is 7.94. The molecule has 1 heteroatoms. The molecule has 0 spiro atoms. The third-order valence-electron chi connectivity index (χ3n) is 4.63. The minimum atomic E-state index is 0.286. The molecule has 2 aromatic rings. The molecule has 1 nitrogen and oxygen atoms in total. The molecule has 0 saturated heterocycles. The van der Waals surface area contributed by atoms with Crippen molar-refractivity contribution in [3.63, 3.8) is 0 Å². The van der Waals surface area contributed by atoms with Crippen molar-refractivity contribution < 1.29 is 0 Å². The summed E-state index contributed by atoms with van der Waals surface area (Å²) >= 11 is 0. The Kier molecular flexibility index (Phi) is 3.86. The van der Waals surface area contributed by atoms with E-state index in [1.165, 1.54) is 23.1 Å². The van der Waals surface area contributed by atoms with Crippen LogP contribution in [-0.2, 0) is 12.8 Å². The van der Waals surface area contributed by atoms with Gasteiger partial charge >= 0.3 is 0 Å². The molecule has 2 aromatic carbocycles. The lowest BCUT2D eigenvalue weighted by molar-refractivity contribution is 0.251. The van der Waals surface area contributed by atoms with Crippen LogP contribution in [0.4, 0.5) is 0 Å². The third-order valence-corrected chi connectivity index (χ3v) is 4.63. The number of nitrogens with one attached hydrogen (secondary N) is 1. The first kappa shape index (κ1) is 14.3. The van der Waals surface area contributed by atoms with Crippen LogP contribution in [0.1, 0.15) is 43.5 Å². The van der Waals surface area contributed by atoms with Crippen LogP contribution >= 0.6 is 0 Å². The van der Waals surface area contributed by atoms with Gasteiger partial charge in [-0.1, -0.05) is 68.4 Å². The molecule has 2 atom stereocenters. The van der Waals surface area contributed by atoms with E-state index in [4.69, 9.17) is 0 Å². The van der Waals surface area contributed by atoms with Gasteiger partial charge in [0.2, 0.25) is 0 Å². The standard InChI is InChI=1S/C20H25N/c1-15(13-16-9-5-4-6-10-16)21-19-18-12-8-7-11-17(18)14-20(19,2)3/h4-12,15,19,21H,13-14H2,1-3H3. The van der Waals surface area contributed by atoms with Crippen LogP contribution in [0.5, 0.6) is 0 Å². The Morgan fingerprint density at radius 1 is 1.05 bits per heavy atom. The predicted octanol–water partition coefficient (Wildman–Crippen LogP) is 4.53. The average Bonchev–Trinajstić information content (AvgIpc) is 2.71. The molecule has 0 heterocycles. The zero-order chi connectivity index (χ0) is 14.9. The molecule has 0 aliphatic heterocycles. The molecule has 0 radical (unpaired) electrons. The van der Waals surface area contributed by atoms with Gasteiger partial charge in [-0.3, -0.25) is 0 Å². The van der Waals surface area contributed by atoms with Crippen LogP contribution in [0, 0.1) is 5.41 Å². The lowest BCUT2D eigenvalue weighted by Crippen LogP contribution is -2.38. The molecule has 110 valence electrons. The van der Waals surface area contributed by atoms with Crippen LogP contribution < -0.4 is 5.32 Å². The Labute approximate surface area is 128 Å². The van der Waals surface area contributed by atoms with E-state index >= 15 is 0 Å². The molecule has 2 unspecified atom stereocenters. The summed E-state index contributed by atoms with van der Waals surface area (Å²) < 4.78 is 0. The number of hydrogen-bond acceptors (Lipinski definition) is 1. The molecular weight excluding hydrogens is 254 g/mol. The van der Waals surface area contributed by atoms with Crippen molar-refractivity contribution in [1.82, 2.24) is 5.32 Å². The second-order valence-electron chi connectivity index (χ2n) is 7.05. The van der Waals surface area contributed by atoms with E-state index in [2.05, 4.69) is 80.7 Å². The maximum absolute atomic E-state index is 3.87. The second kappa shape index (κ2) is 5.65. The van der Waals surface area contributed by atoms with Gasteiger partial charge < -0.3 is 5.32 Å². The number of fused-ring (bicyclic) bond motifs is 1. The van der Waals surface area contributed by atoms with E-state index in [0.717, 1.165) is 6.42 Å². The quantitative estimate of drug-likeness (QED) is 0.867. The van der Waals surface area contributed by atoms with E-state index in [-0.39, 0.29) is 5.41 Å². The number of benzene rings is 2. The zero-order valence-electron chi connectivity index (χ0n) is 13.3. The van der Waals surface area contributed by atoms with Gasteiger partial charge in [-0.05, 0) is 41.9 Å². The normalized spacial score (nSPS) is 21.0. The van der Waals surface area contributed by atoms with Crippen molar-refractivity contribution in [2.75, 3.05) is 0 Å². The van der Waals surface area contributed by atoms with E-state index in [1.54, 1.807) is 0 Å². The first-order valence-corrected chi connectivity index (χ1v) is 7.94. The van der Waals surface area contributed by atoms with Gasteiger partial charge in [-0.25, -0.2) is 0 Å². The monoisotopic (exact) mass is 279 g/mol. The van der Waals surface area contributed by atoms with Gasteiger partial charge in [0, 0.05) is 12.1 Å². The number of hydrogen-bond donors (Lipinski definition) is 1. The van der Waals surface area contributed by atoms with Crippen LogP contribution in [0.2, 0.25) is 0 Å². The van der Waals surface area contributed by atoms with Gasteiger partial charge in [-0.2, -0.15) is 0 Å². The molecular formula is C20H25N. The largest absolute Gasteiger partial charge is 0.307 e. The molecule has 0 fully saturated rings. The van der Waals surface area contributed by atoms with E-state index in [0.29, 0.717) is 12.1 Å². The first-order chi connectivity index (χ1) is 10.1. The summed E-state index contributed by atoms with van der Waals surface area (Å²) in [6.45, 7) is 7.05. The Bertz CT molecular complexity index is 600. The van der Waals surface area contributed by atoms with Crippen molar-refractivity contribution in [3.05, 3.63) is 71.3 Å². The van der Waals surface area contributed by atoms with Crippen molar-refractivity contribution in [2.24, 2.45) is 5.41 Å². The summed E-state index contributed by atoms with van der Waals surface area (Å²) in [4.78, 5) is 0. The summed E-state index contributed by atoms with van der Waals surface area (Å²) in [5.41, 5.74) is 4.69. The molecule has 21 heavy (non-hydrogen) atoms. The smallest absolute Gasteiger partial charge is 0.0380 e. The van der Waals surface area contributed by atoms with Crippen molar-refractivity contribution in [1.29, 1.82) is 0 Å². The van der Waals surface area contributed by atoms with Gasteiger partial charge in [0.25, 0.3) is 0 Å². The zero-order valence-corrected chi connectivity index (χ0v) is 13.3. The van der Waals surface area contributed by atoms with Crippen molar-refractivity contribution in [3.8, 4) is 0 Å². The van der Waals surface area contributed by atoms with Crippen LogP contribution in [-0.4, -0.2) is 6.04 Å². The highest BCUT2D eigenvalue weighted by molar-refractivity contribution is 5.37. The van der Waals surface area contributed by atoms with Crippen molar-refractivity contribution in [2.45, 2.75) is 45.7 Å². The van der Waals surface area contributed by atoms with Crippen LogP contribution in [0.3, 0.4) is 0 Å². The minimum absolute atomic E-state index is 0.286. The minimum Gasteiger partial charge on any atom is -0.307 e. The molecule has 0 bridgehead atoms.